The molecule has 2 N–H and O–H groups in total. The zero-order valence-electron chi connectivity index (χ0n) is 12.4. The summed E-state index contributed by atoms with van der Waals surface area (Å²) in [6.45, 7) is 4.80. The molecule has 0 bridgehead atoms. The van der Waals surface area contributed by atoms with Crippen molar-refractivity contribution < 1.29 is 0 Å². The third-order valence-electron chi connectivity index (χ3n) is 3.65. The standard InChI is InChI=1S/C18H24N2/c1-15(12-19)18-10-8-17(9-11-18)14-20(2)13-16-6-4-3-5-7-16/h3-11,15H,12-14,19H2,1-2H3. The first-order chi connectivity index (χ1) is 9.69. The average molecular weight is 268 g/mol. The summed E-state index contributed by atoms with van der Waals surface area (Å²) in [5.74, 6) is 0.436. The number of benzene rings is 2. The lowest BCUT2D eigenvalue weighted by Crippen LogP contribution is -2.17. The molecule has 0 saturated heterocycles. The Labute approximate surface area is 122 Å². The predicted octanol–water partition coefficient (Wildman–Crippen LogP) is 3.38. The van der Waals surface area contributed by atoms with Crippen LogP contribution in [0.15, 0.2) is 54.6 Å². The molecular weight excluding hydrogens is 244 g/mol. The van der Waals surface area contributed by atoms with E-state index in [9.17, 15) is 0 Å². The van der Waals surface area contributed by atoms with Crippen molar-refractivity contribution in [2.24, 2.45) is 5.73 Å². The largest absolute Gasteiger partial charge is 0.330 e. The Morgan fingerprint density at radius 2 is 1.45 bits per heavy atom. The van der Waals surface area contributed by atoms with Gasteiger partial charge >= 0.3 is 0 Å². The van der Waals surface area contributed by atoms with Crippen LogP contribution in [0.25, 0.3) is 0 Å². The van der Waals surface area contributed by atoms with E-state index in [-0.39, 0.29) is 0 Å². The van der Waals surface area contributed by atoms with Crippen molar-refractivity contribution in [3.05, 3.63) is 71.3 Å². The quantitative estimate of drug-likeness (QED) is 0.870. The summed E-state index contributed by atoms with van der Waals surface area (Å²) in [6.07, 6.45) is 0. The first-order valence-corrected chi connectivity index (χ1v) is 7.20. The predicted molar refractivity (Wildman–Crippen MR) is 85.5 cm³/mol. The summed E-state index contributed by atoms with van der Waals surface area (Å²) in [4.78, 5) is 2.33. The summed E-state index contributed by atoms with van der Waals surface area (Å²) >= 11 is 0. The fourth-order valence-electron chi connectivity index (χ4n) is 2.35. The van der Waals surface area contributed by atoms with Crippen LogP contribution in [0, 0.1) is 0 Å². The van der Waals surface area contributed by atoms with Gasteiger partial charge in [0.1, 0.15) is 0 Å². The van der Waals surface area contributed by atoms with Crippen LogP contribution in [0.4, 0.5) is 0 Å². The van der Waals surface area contributed by atoms with Gasteiger partial charge in [0.25, 0.3) is 0 Å². The Morgan fingerprint density at radius 1 is 0.900 bits per heavy atom. The lowest BCUT2D eigenvalue weighted by molar-refractivity contribution is 0.319. The number of hydrogen-bond acceptors (Lipinski definition) is 2. The summed E-state index contributed by atoms with van der Waals surface area (Å²) < 4.78 is 0. The van der Waals surface area contributed by atoms with Crippen molar-refractivity contribution in [3.8, 4) is 0 Å². The normalized spacial score (nSPS) is 12.6. The smallest absolute Gasteiger partial charge is 0.0234 e. The minimum Gasteiger partial charge on any atom is -0.330 e. The maximum Gasteiger partial charge on any atom is 0.0234 e. The highest BCUT2D eigenvalue weighted by molar-refractivity contribution is 5.25. The van der Waals surface area contributed by atoms with Crippen molar-refractivity contribution in [3.63, 3.8) is 0 Å². The van der Waals surface area contributed by atoms with Crippen LogP contribution in [0.1, 0.15) is 29.5 Å². The van der Waals surface area contributed by atoms with Crippen LogP contribution >= 0.6 is 0 Å². The summed E-state index contributed by atoms with van der Waals surface area (Å²) in [5, 5.41) is 0. The molecule has 2 rings (SSSR count). The molecule has 0 aliphatic carbocycles. The summed E-state index contributed by atoms with van der Waals surface area (Å²) in [5.41, 5.74) is 9.72. The number of nitrogens with zero attached hydrogens (tertiary/aromatic N) is 1. The minimum atomic E-state index is 0.436. The molecule has 0 radical (unpaired) electrons. The zero-order valence-corrected chi connectivity index (χ0v) is 12.4. The molecule has 0 heterocycles. The zero-order chi connectivity index (χ0) is 14.4. The summed E-state index contributed by atoms with van der Waals surface area (Å²) in [6, 6.07) is 19.4. The van der Waals surface area contributed by atoms with Crippen molar-refractivity contribution >= 4 is 0 Å². The van der Waals surface area contributed by atoms with Gasteiger partial charge in [-0.2, -0.15) is 0 Å². The van der Waals surface area contributed by atoms with Gasteiger partial charge in [0.2, 0.25) is 0 Å². The van der Waals surface area contributed by atoms with E-state index in [0.717, 1.165) is 13.1 Å². The molecule has 0 amide bonds. The molecule has 20 heavy (non-hydrogen) atoms. The van der Waals surface area contributed by atoms with Gasteiger partial charge in [-0.05, 0) is 36.2 Å². The number of nitrogens with two attached hydrogens (primary N) is 1. The molecule has 2 heteroatoms. The van der Waals surface area contributed by atoms with Gasteiger partial charge in [-0.25, -0.2) is 0 Å². The molecule has 0 saturated carbocycles. The number of hydrogen-bond donors (Lipinski definition) is 1. The van der Waals surface area contributed by atoms with Gasteiger partial charge in [-0.15, -0.1) is 0 Å². The molecular formula is C18H24N2. The third-order valence-corrected chi connectivity index (χ3v) is 3.65. The van der Waals surface area contributed by atoms with Crippen LogP contribution in [0.5, 0.6) is 0 Å². The lowest BCUT2D eigenvalue weighted by atomic mass is 10.00. The van der Waals surface area contributed by atoms with Crippen molar-refractivity contribution in [1.29, 1.82) is 0 Å². The molecule has 0 fully saturated rings. The van der Waals surface area contributed by atoms with Crippen LogP contribution in [-0.4, -0.2) is 18.5 Å². The van der Waals surface area contributed by atoms with E-state index >= 15 is 0 Å². The fourth-order valence-corrected chi connectivity index (χ4v) is 2.35. The van der Waals surface area contributed by atoms with Gasteiger partial charge in [0.15, 0.2) is 0 Å². The van der Waals surface area contributed by atoms with Gasteiger partial charge in [0.05, 0.1) is 0 Å². The van der Waals surface area contributed by atoms with E-state index in [4.69, 9.17) is 5.73 Å². The maximum absolute atomic E-state index is 5.70. The highest BCUT2D eigenvalue weighted by Crippen LogP contribution is 2.15. The second-order valence-corrected chi connectivity index (χ2v) is 5.54. The second kappa shape index (κ2) is 7.22. The monoisotopic (exact) mass is 268 g/mol. The van der Waals surface area contributed by atoms with Crippen LogP contribution < -0.4 is 5.73 Å². The van der Waals surface area contributed by atoms with Crippen LogP contribution in [0.3, 0.4) is 0 Å². The van der Waals surface area contributed by atoms with E-state index in [1.807, 2.05) is 0 Å². The molecule has 0 aliphatic rings. The van der Waals surface area contributed by atoms with Gasteiger partial charge in [-0.3, -0.25) is 4.90 Å². The molecule has 0 spiro atoms. The number of rotatable bonds is 6. The molecule has 0 aromatic heterocycles. The minimum absolute atomic E-state index is 0.436. The average Bonchev–Trinajstić information content (AvgIpc) is 2.48. The maximum atomic E-state index is 5.70. The Balaban J connectivity index is 1.93. The van der Waals surface area contributed by atoms with E-state index in [1.165, 1.54) is 16.7 Å². The lowest BCUT2D eigenvalue weighted by Gasteiger charge is -2.17. The third kappa shape index (κ3) is 4.19. The second-order valence-electron chi connectivity index (χ2n) is 5.54. The van der Waals surface area contributed by atoms with Gasteiger partial charge in [-0.1, -0.05) is 61.5 Å². The van der Waals surface area contributed by atoms with E-state index in [1.54, 1.807) is 0 Å². The first-order valence-electron chi connectivity index (χ1n) is 7.20. The topological polar surface area (TPSA) is 29.3 Å². The molecule has 0 aliphatic heterocycles. The van der Waals surface area contributed by atoms with Crippen molar-refractivity contribution in [1.82, 2.24) is 4.90 Å². The molecule has 2 nitrogen and oxygen atoms in total. The fraction of sp³-hybridized carbons (Fsp3) is 0.333. The van der Waals surface area contributed by atoms with Crippen LogP contribution in [-0.2, 0) is 13.1 Å². The van der Waals surface area contributed by atoms with E-state index in [0.29, 0.717) is 12.5 Å². The highest BCUT2D eigenvalue weighted by atomic mass is 15.1. The Hall–Kier alpha value is -1.64. The highest BCUT2D eigenvalue weighted by Gasteiger charge is 2.05. The SMILES string of the molecule is CC(CN)c1ccc(CN(C)Cc2ccccc2)cc1. The Morgan fingerprint density at radius 3 is 2.00 bits per heavy atom. The molecule has 2 aromatic rings. The van der Waals surface area contributed by atoms with E-state index < -0.39 is 0 Å². The Kier molecular flexibility index (Phi) is 5.33. The van der Waals surface area contributed by atoms with Crippen molar-refractivity contribution in [2.75, 3.05) is 13.6 Å². The van der Waals surface area contributed by atoms with E-state index in [2.05, 4.69) is 73.5 Å². The molecule has 106 valence electrons. The van der Waals surface area contributed by atoms with Gasteiger partial charge < -0.3 is 5.73 Å². The molecule has 1 unspecified atom stereocenters. The van der Waals surface area contributed by atoms with Crippen LogP contribution in [0.2, 0.25) is 0 Å². The van der Waals surface area contributed by atoms with Crippen molar-refractivity contribution in [2.45, 2.75) is 25.9 Å². The molecule has 2 aromatic carbocycles. The Bertz CT molecular complexity index is 505. The first kappa shape index (κ1) is 14.8. The summed E-state index contributed by atoms with van der Waals surface area (Å²) in [7, 11) is 2.16. The van der Waals surface area contributed by atoms with Gasteiger partial charge in [0, 0.05) is 13.1 Å². The molecule has 1 atom stereocenters.